The van der Waals surface area contributed by atoms with Crippen molar-refractivity contribution in [2.75, 3.05) is 5.73 Å². The Labute approximate surface area is 128 Å². The highest BCUT2D eigenvalue weighted by Gasteiger charge is 2.07. The summed E-state index contributed by atoms with van der Waals surface area (Å²) in [5.74, 6) is -0.145. The van der Waals surface area contributed by atoms with Crippen LogP contribution in [0.1, 0.15) is 15.9 Å². The van der Waals surface area contributed by atoms with Gasteiger partial charge in [0.15, 0.2) is 0 Å². The Bertz CT molecular complexity index is 594. The number of hydrogen-bond donors (Lipinski definition) is 2. The van der Waals surface area contributed by atoms with Crippen LogP contribution in [0.5, 0.6) is 0 Å². The van der Waals surface area contributed by atoms with Gasteiger partial charge >= 0.3 is 0 Å². The molecular formula is C14H12Br2N2O. The van der Waals surface area contributed by atoms with Crippen molar-refractivity contribution >= 4 is 43.5 Å². The number of nitrogens with two attached hydrogens (primary N) is 1. The van der Waals surface area contributed by atoms with Gasteiger partial charge in [-0.2, -0.15) is 0 Å². The Morgan fingerprint density at radius 2 is 1.89 bits per heavy atom. The van der Waals surface area contributed by atoms with Crippen molar-refractivity contribution in [3.63, 3.8) is 0 Å². The van der Waals surface area contributed by atoms with Crippen LogP contribution >= 0.6 is 31.9 Å². The van der Waals surface area contributed by atoms with Crippen LogP contribution in [0.15, 0.2) is 51.4 Å². The van der Waals surface area contributed by atoms with Crippen LogP contribution in [0.3, 0.4) is 0 Å². The van der Waals surface area contributed by atoms with Crippen molar-refractivity contribution in [1.82, 2.24) is 5.32 Å². The van der Waals surface area contributed by atoms with E-state index < -0.39 is 0 Å². The minimum atomic E-state index is -0.145. The molecule has 0 bridgehead atoms. The lowest BCUT2D eigenvalue weighted by atomic mass is 10.2. The molecule has 0 fully saturated rings. The zero-order valence-corrected chi connectivity index (χ0v) is 13.2. The van der Waals surface area contributed by atoms with Gasteiger partial charge in [0.1, 0.15) is 0 Å². The van der Waals surface area contributed by atoms with Gasteiger partial charge in [-0.15, -0.1) is 0 Å². The molecule has 2 aromatic carbocycles. The number of nitrogen functional groups attached to an aromatic ring is 1. The summed E-state index contributed by atoms with van der Waals surface area (Å²) in [6.07, 6.45) is 0. The van der Waals surface area contributed by atoms with E-state index in [-0.39, 0.29) is 5.91 Å². The highest BCUT2D eigenvalue weighted by Crippen LogP contribution is 2.17. The molecule has 3 nitrogen and oxygen atoms in total. The fraction of sp³-hybridized carbons (Fsp3) is 0.0714. The molecule has 0 aliphatic rings. The van der Waals surface area contributed by atoms with Crippen molar-refractivity contribution < 1.29 is 4.79 Å². The van der Waals surface area contributed by atoms with Crippen molar-refractivity contribution in [2.24, 2.45) is 0 Å². The third-order valence-electron chi connectivity index (χ3n) is 2.52. The first-order valence-corrected chi connectivity index (χ1v) is 7.22. The third kappa shape index (κ3) is 4.08. The number of nitrogens with one attached hydrogen (secondary N) is 1. The fourth-order valence-corrected chi connectivity index (χ4v) is 2.63. The molecule has 2 aromatic rings. The zero-order valence-electron chi connectivity index (χ0n) is 9.99. The summed E-state index contributed by atoms with van der Waals surface area (Å²) < 4.78 is 1.78. The molecule has 0 saturated carbocycles. The molecule has 0 atom stereocenters. The standard InChI is InChI=1S/C14H12Br2N2O/c15-11-3-1-2-9(4-11)8-18-14(19)10-5-12(16)7-13(17)6-10/h1-7H,8,17H2,(H,18,19). The highest BCUT2D eigenvalue weighted by atomic mass is 79.9. The highest BCUT2D eigenvalue weighted by molar-refractivity contribution is 9.10. The maximum atomic E-state index is 12.0. The Morgan fingerprint density at radius 1 is 1.11 bits per heavy atom. The van der Waals surface area contributed by atoms with Gasteiger partial charge in [0.25, 0.3) is 5.91 Å². The van der Waals surface area contributed by atoms with Crippen molar-refractivity contribution in [3.8, 4) is 0 Å². The molecule has 0 aromatic heterocycles. The number of anilines is 1. The topological polar surface area (TPSA) is 55.1 Å². The maximum Gasteiger partial charge on any atom is 0.251 e. The molecule has 0 saturated heterocycles. The Kier molecular flexibility index (Phi) is 4.61. The average Bonchev–Trinajstić information content (AvgIpc) is 2.35. The zero-order chi connectivity index (χ0) is 13.8. The number of hydrogen-bond acceptors (Lipinski definition) is 2. The Hall–Kier alpha value is -1.33. The van der Waals surface area contributed by atoms with E-state index in [1.165, 1.54) is 0 Å². The number of carbonyl (C=O) groups excluding carboxylic acids is 1. The van der Waals surface area contributed by atoms with Gasteiger partial charge in [-0.05, 0) is 35.9 Å². The lowest BCUT2D eigenvalue weighted by Crippen LogP contribution is -2.22. The van der Waals surface area contributed by atoms with E-state index >= 15 is 0 Å². The molecule has 0 heterocycles. The normalized spacial score (nSPS) is 10.2. The summed E-state index contributed by atoms with van der Waals surface area (Å²) in [6, 6.07) is 13.0. The summed E-state index contributed by atoms with van der Waals surface area (Å²) in [6.45, 7) is 0.477. The predicted molar refractivity (Wildman–Crippen MR) is 83.9 cm³/mol. The van der Waals surface area contributed by atoms with Crippen molar-refractivity contribution in [2.45, 2.75) is 6.54 Å². The summed E-state index contributed by atoms with van der Waals surface area (Å²) in [7, 11) is 0. The quantitative estimate of drug-likeness (QED) is 0.793. The first kappa shape index (κ1) is 14.1. The summed E-state index contributed by atoms with van der Waals surface area (Å²) in [5.41, 5.74) is 7.84. The second-order valence-electron chi connectivity index (χ2n) is 4.09. The van der Waals surface area contributed by atoms with Crippen LogP contribution < -0.4 is 11.1 Å². The molecule has 3 N–H and O–H groups in total. The smallest absolute Gasteiger partial charge is 0.251 e. The molecule has 19 heavy (non-hydrogen) atoms. The molecule has 0 aliphatic carbocycles. The van der Waals surface area contributed by atoms with Crippen LogP contribution in [0.2, 0.25) is 0 Å². The van der Waals surface area contributed by atoms with Gasteiger partial charge in [-0.1, -0.05) is 44.0 Å². The monoisotopic (exact) mass is 382 g/mol. The van der Waals surface area contributed by atoms with Gasteiger partial charge < -0.3 is 11.1 Å². The van der Waals surface area contributed by atoms with E-state index in [0.717, 1.165) is 14.5 Å². The Balaban J connectivity index is 2.05. The minimum absolute atomic E-state index is 0.145. The summed E-state index contributed by atoms with van der Waals surface area (Å²) >= 11 is 6.72. The first-order valence-electron chi connectivity index (χ1n) is 5.63. The van der Waals surface area contributed by atoms with Gasteiger partial charge in [0.05, 0.1) is 0 Å². The second kappa shape index (κ2) is 6.21. The van der Waals surface area contributed by atoms with Gasteiger partial charge in [0.2, 0.25) is 0 Å². The summed E-state index contributed by atoms with van der Waals surface area (Å²) in [4.78, 5) is 12.0. The van der Waals surface area contributed by atoms with Gasteiger partial charge in [0, 0.05) is 26.7 Å². The lowest BCUT2D eigenvalue weighted by Gasteiger charge is -2.07. The minimum Gasteiger partial charge on any atom is -0.399 e. The summed E-state index contributed by atoms with van der Waals surface area (Å²) in [5, 5.41) is 2.86. The van der Waals surface area contributed by atoms with E-state index in [0.29, 0.717) is 17.8 Å². The molecule has 0 aliphatic heterocycles. The molecular weight excluding hydrogens is 372 g/mol. The van der Waals surface area contributed by atoms with E-state index in [2.05, 4.69) is 37.2 Å². The molecule has 2 rings (SSSR count). The molecule has 0 unspecified atom stereocenters. The maximum absolute atomic E-state index is 12.0. The molecule has 1 amide bonds. The number of carbonyl (C=O) groups is 1. The predicted octanol–water partition coefficient (Wildman–Crippen LogP) is 3.72. The Morgan fingerprint density at radius 3 is 2.58 bits per heavy atom. The molecule has 98 valence electrons. The number of halogens is 2. The first-order chi connectivity index (χ1) is 9.04. The largest absolute Gasteiger partial charge is 0.399 e. The number of benzene rings is 2. The fourth-order valence-electron chi connectivity index (χ4n) is 1.67. The van der Waals surface area contributed by atoms with E-state index in [1.54, 1.807) is 18.2 Å². The number of amides is 1. The lowest BCUT2D eigenvalue weighted by molar-refractivity contribution is 0.0951. The average molecular weight is 384 g/mol. The van der Waals surface area contributed by atoms with E-state index in [9.17, 15) is 4.79 Å². The van der Waals surface area contributed by atoms with E-state index in [1.807, 2.05) is 24.3 Å². The van der Waals surface area contributed by atoms with Crippen LogP contribution in [0, 0.1) is 0 Å². The molecule has 0 radical (unpaired) electrons. The van der Waals surface area contributed by atoms with Gasteiger partial charge in [-0.3, -0.25) is 4.79 Å². The second-order valence-corrected chi connectivity index (χ2v) is 5.92. The van der Waals surface area contributed by atoms with Crippen LogP contribution in [0.25, 0.3) is 0 Å². The molecule has 5 heteroatoms. The van der Waals surface area contributed by atoms with Crippen LogP contribution in [-0.2, 0) is 6.54 Å². The third-order valence-corrected chi connectivity index (χ3v) is 3.48. The SMILES string of the molecule is Nc1cc(Br)cc(C(=O)NCc2cccc(Br)c2)c1. The van der Waals surface area contributed by atoms with Gasteiger partial charge in [-0.25, -0.2) is 0 Å². The van der Waals surface area contributed by atoms with E-state index in [4.69, 9.17) is 5.73 Å². The van der Waals surface area contributed by atoms with Crippen LogP contribution in [-0.4, -0.2) is 5.91 Å². The molecule has 0 spiro atoms. The van der Waals surface area contributed by atoms with Crippen molar-refractivity contribution in [3.05, 3.63) is 62.5 Å². The number of rotatable bonds is 3. The van der Waals surface area contributed by atoms with Crippen molar-refractivity contribution in [1.29, 1.82) is 0 Å². The van der Waals surface area contributed by atoms with Crippen LogP contribution in [0.4, 0.5) is 5.69 Å².